The monoisotopic (exact) mass is 175 g/mol. The van der Waals surface area contributed by atoms with Crippen LogP contribution in [0.5, 0.6) is 0 Å². The molecule has 0 aliphatic heterocycles. The molecule has 0 amide bonds. The van der Waals surface area contributed by atoms with E-state index in [4.69, 9.17) is 0 Å². The van der Waals surface area contributed by atoms with E-state index < -0.39 is 0 Å². The fraction of sp³-hybridized carbons (Fsp3) is 0.200. The van der Waals surface area contributed by atoms with Crippen LogP contribution in [0.3, 0.4) is 0 Å². The summed E-state index contributed by atoms with van der Waals surface area (Å²) in [6.07, 6.45) is 0.467. The van der Waals surface area contributed by atoms with Gasteiger partial charge in [0.1, 0.15) is 7.05 Å². The van der Waals surface area contributed by atoms with E-state index >= 15 is 0 Å². The van der Waals surface area contributed by atoms with Crippen molar-refractivity contribution in [3.05, 3.63) is 40.6 Å². The quantitative estimate of drug-likeness (QED) is 0.335. The minimum Gasteiger partial charge on any atom is -0.624 e. The lowest BCUT2D eigenvalue weighted by molar-refractivity contribution is -0.422. The summed E-state index contributed by atoms with van der Waals surface area (Å²) in [6.45, 7) is 0. The van der Waals surface area contributed by atoms with Gasteiger partial charge in [0.25, 0.3) is 5.78 Å². The number of ketones is 1. The molecule has 2 rings (SSSR count). The van der Waals surface area contributed by atoms with E-state index in [9.17, 15) is 10.0 Å². The fourth-order valence-corrected chi connectivity index (χ4v) is 1.57. The first-order valence-electron chi connectivity index (χ1n) is 4.09. The van der Waals surface area contributed by atoms with E-state index in [1.54, 1.807) is 6.07 Å². The van der Waals surface area contributed by atoms with Gasteiger partial charge in [-0.3, -0.25) is 4.79 Å². The van der Waals surface area contributed by atoms with Gasteiger partial charge in [0, 0.05) is 5.56 Å². The zero-order valence-corrected chi connectivity index (χ0v) is 7.28. The topological polar surface area (TPSA) is 43.1 Å². The molecule has 66 valence electrons. The molecule has 1 aliphatic carbocycles. The first-order chi connectivity index (χ1) is 6.20. The molecule has 3 heteroatoms. The van der Waals surface area contributed by atoms with E-state index in [-0.39, 0.29) is 5.78 Å². The van der Waals surface area contributed by atoms with Gasteiger partial charge in [0.2, 0.25) is 5.71 Å². The van der Waals surface area contributed by atoms with E-state index in [1.807, 2.05) is 18.2 Å². The molecule has 0 radical (unpaired) electrons. The maximum Gasteiger partial charge on any atom is 0.253 e. The molecule has 0 atom stereocenters. The van der Waals surface area contributed by atoms with Gasteiger partial charge in [-0.25, -0.2) is 4.74 Å². The largest absolute Gasteiger partial charge is 0.624 e. The number of carbonyl (C=O) groups is 1. The van der Waals surface area contributed by atoms with Gasteiger partial charge >= 0.3 is 0 Å². The van der Waals surface area contributed by atoms with Crippen molar-refractivity contribution in [1.82, 2.24) is 0 Å². The normalized spacial score (nSPS) is 18.7. The Morgan fingerprint density at radius 3 is 2.69 bits per heavy atom. The number of benzene rings is 1. The summed E-state index contributed by atoms with van der Waals surface area (Å²) in [7, 11) is 1.36. The summed E-state index contributed by atoms with van der Waals surface area (Å²) < 4.78 is 0.655. The van der Waals surface area contributed by atoms with Gasteiger partial charge in [-0.15, -0.1) is 0 Å². The van der Waals surface area contributed by atoms with Crippen LogP contribution in [0.1, 0.15) is 15.9 Å². The summed E-state index contributed by atoms with van der Waals surface area (Å²) in [5.41, 5.74) is 1.95. The lowest BCUT2D eigenvalue weighted by Gasteiger charge is -1.97. The summed E-state index contributed by atoms with van der Waals surface area (Å²) in [6, 6.07) is 7.32. The SMILES string of the molecule is C[N+]([O-])=C1Cc2ccccc2C1=O. The Balaban J connectivity index is 2.57. The van der Waals surface area contributed by atoms with Crippen molar-refractivity contribution >= 4 is 11.5 Å². The molecule has 0 N–H and O–H groups in total. The number of fused-ring (bicyclic) bond motifs is 1. The molecule has 1 aliphatic rings. The smallest absolute Gasteiger partial charge is 0.253 e. The number of Topliss-reactive ketones (excluding diaryl/α,β-unsaturated/α-hetero) is 1. The van der Waals surface area contributed by atoms with Crippen LogP contribution in [0.25, 0.3) is 0 Å². The fourth-order valence-electron chi connectivity index (χ4n) is 1.57. The zero-order valence-electron chi connectivity index (χ0n) is 7.28. The van der Waals surface area contributed by atoms with Crippen molar-refractivity contribution < 1.29 is 9.53 Å². The number of nitrogens with zero attached hydrogens (tertiary/aromatic N) is 1. The van der Waals surface area contributed by atoms with Gasteiger partial charge in [-0.2, -0.15) is 0 Å². The van der Waals surface area contributed by atoms with Crippen molar-refractivity contribution in [2.75, 3.05) is 7.05 Å². The van der Waals surface area contributed by atoms with Crippen LogP contribution in [0.15, 0.2) is 24.3 Å². The highest BCUT2D eigenvalue weighted by Gasteiger charge is 2.30. The number of rotatable bonds is 0. The first kappa shape index (κ1) is 7.98. The minimum absolute atomic E-state index is 0.131. The van der Waals surface area contributed by atoms with Crippen LogP contribution >= 0.6 is 0 Å². The van der Waals surface area contributed by atoms with Crippen LogP contribution < -0.4 is 0 Å². The lowest BCUT2D eigenvalue weighted by atomic mass is 10.1. The third kappa shape index (κ3) is 1.13. The Morgan fingerprint density at radius 2 is 2.08 bits per heavy atom. The maximum absolute atomic E-state index is 11.6. The van der Waals surface area contributed by atoms with Crippen LogP contribution in [0.2, 0.25) is 0 Å². The van der Waals surface area contributed by atoms with Crippen LogP contribution in [-0.4, -0.2) is 23.3 Å². The highest BCUT2D eigenvalue weighted by molar-refractivity contribution is 6.47. The Bertz CT molecular complexity index is 403. The highest BCUT2D eigenvalue weighted by atomic mass is 16.5. The van der Waals surface area contributed by atoms with E-state index in [0.29, 0.717) is 22.4 Å². The Kier molecular flexibility index (Phi) is 1.65. The second-order valence-electron chi connectivity index (χ2n) is 3.11. The number of hydrogen-bond donors (Lipinski definition) is 0. The highest BCUT2D eigenvalue weighted by Crippen LogP contribution is 2.19. The van der Waals surface area contributed by atoms with Crippen LogP contribution in [0.4, 0.5) is 0 Å². The van der Waals surface area contributed by atoms with Crippen LogP contribution in [-0.2, 0) is 6.42 Å². The van der Waals surface area contributed by atoms with Crippen LogP contribution in [0, 0.1) is 5.21 Å². The standard InChI is InChI=1S/C10H9NO2/c1-11(13)9-6-7-4-2-3-5-8(7)10(9)12/h2-5H,6H2,1H3. The third-order valence-corrected chi connectivity index (χ3v) is 2.26. The summed E-state index contributed by atoms with van der Waals surface area (Å²) in [5, 5.41) is 11.0. The third-order valence-electron chi connectivity index (χ3n) is 2.26. The molecule has 3 nitrogen and oxygen atoms in total. The van der Waals surface area contributed by atoms with Crippen molar-refractivity contribution in [2.24, 2.45) is 0 Å². The van der Waals surface area contributed by atoms with E-state index in [1.165, 1.54) is 7.05 Å². The summed E-state index contributed by atoms with van der Waals surface area (Å²) in [4.78, 5) is 11.6. The zero-order chi connectivity index (χ0) is 9.42. The number of carbonyl (C=O) groups excluding carboxylic acids is 1. The van der Waals surface area contributed by atoms with Gasteiger partial charge < -0.3 is 5.21 Å². The average molecular weight is 175 g/mol. The summed E-state index contributed by atoms with van der Waals surface area (Å²) in [5.74, 6) is -0.131. The maximum atomic E-state index is 11.6. The Morgan fingerprint density at radius 1 is 1.38 bits per heavy atom. The van der Waals surface area contributed by atoms with Crippen molar-refractivity contribution in [3.8, 4) is 0 Å². The number of hydroxylamine groups is 1. The van der Waals surface area contributed by atoms with E-state index in [2.05, 4.69) is 0 Å². The molecule has 0 aromatic heterocycles. The molecule has 0 spiro atoms. The van der Waals surface area contributed by atoms with Gasteiger partial charge in [0.05, 0.1) is 6.42 Å². The molecule has 0 saturated carbocycles. The summed E-state index contributed by atoms with van der Waals surface area (Å²) >= 11 is 0. The van der Waals surface area contributed by atoms with E-state index in [0.717, 1.165) is 5.56 Å². The minimum atomic E-state index is -0.131. The molecule has 0 bridgehead atoms. The molecule has 0 unspecified atom stereocenters. The number of hydrogen-bond acceptors (Lipinski definition) is 2. The molecule has 0 fully saturated rings. The Hall–Kier alpha value is -1.64. The lowest BCUT2D eigenvalue weighted by Crippen LogP contribution is -2.18. The predicted molar refractivity (Wildman–Crippen MR) is 49.0 cm³/mol. The van der Waals surface area contributed by atoms with Crippen molar-refractivity contribution in [2.45, 2.75) is 6.42 Å². The second-order valence-corrected chi connectivity index (χ2v) is 3.11. The molecule has 13 heavy (non-hydrogen) atoms. The average Bonchev–Trinajstić information content (AvgIpc) is 2.45. The molecule has 0 heterocycles. The van der Waals surface area contributed by atoms with Gasteiger partial charge in [-0.05, 0) is 5.56 Å². The van der Waals surface area contributed by atoms with Gasteiger partial charge in [0.15, 0.2) is 0 Å². The molecular formula is C10H9NO2. The molecule has 1 aromatic carbocycles. The predicted octanol–water partition coefficient (Wildman–Crippen LogP) is 1.01. The van der Waals surface area contributed by atoms with Crippen molar-refractivity contribution in [1.29, 1.82) is 0 Å². The van der Waals surface area contributed by atoms with Crippen molar-refractivity contribution in [3.63, 3.8) is 0 Å². The molecular weight excluding hydrogens is 166 g/mol. The Labute approximate surface area is 75.9 Å². The van der Waals surface area contributed by atoms with Gasteiger partial charge in [-0.1, -0.05) is 24.3 Å². The second kappa shape index (κ2) is 2.69. The molecule has 1 aromatic rings. The molecule has 0 saturated heterocycles. The first-order valence-corrected chi connectivity index (χ1v) is 4.09.